The van der Waals surface area contributed by atoms with Crippen LogP contribution < -0.4 is 15.5 Å². The van der Waals surface area contributed by atoms with Crippen LogP contribution in [0.25, 0.3) is 10.9 Å². The highest BCUT2D eigenvalue weighted by atomic mass is 127. The van der Waals surface area contributed by atoms with Gasteiger partial charge in [-0.3, -0.25) is 4.79 Å². The number of halogens is 1. The van der Waals surface area contributed by atoms with Gasteiger partial charge in [-0.25, -0.2) is 4.98 Å². The number of aromatic nitrogens is 2. The summed E-state index contributed by atoms with van der Waals surface area (Å²) in [4.78, 5) is 23.6. The van der Waals surface area contributed by atoms with Gasteiger partial charge in [-0.2, -0.15) is 4.98 Å². The normalized spacial score (nSPS) is 18.9. The summed E-state index contributed by atoms with van der Waals surface area (Å²) in [6.07, 6.45) is 4.18. The molecule has 1 amide bonds. The number of hydrogen-bond acceptors (Lipinski definition) is 6. The van der Waals surface area contributed by atoms with Crippen LogP contribution in [0.1, 0.15) is 36.2 Å². The Bertz CT molecular complexity index is 1030. The quantitative estimate of drug-likeness (QED) is 0.473. The van der Waals surface area contributed by atoms with Crippen LogP contribution in [0.2, 0.25) is 0 Å². The zero-order valence-corrected chi connectivity index (χ0v) is 19.3. The molecule has 0 radical (unpaired) electrons. The van der Waals surface area contributed by atoms with Crippen molar-refractivity contribution >= 4 is 51.2 Å². The number of para-hydroxylation sites is 1. The Hall–Kier alpha value is -2.36. The maximum absolute atomic E-state index is 12.2. The molecule has 2 aromatic heterocycles. The lowest BCUT2D eigenvalue weighted by Crippen LogP contribution is -2.34. The Labute approximate surface area is 189 Å². The van der Waals surface area contributed by atoms with Crippen molar-refractivity contribution in [3.63, 3.8) is 0 Å². The number of carbonyl (C=O) groups excluding carboxylic acids is 1. The van der Waals surface area contributed by atoms with Gasteiger partial charge in [0, 0.05) is 32.1 Å². The Morgan fingerprint density at radius 2 is 1.90 bits per heavy atom. The van der Waals surface area contributed by atoms with E-state index in [0.717, 1.165) is 46.2 Å². The van der Waals surface area contributed by atoms with Crippen LogP contribution in [-0.2, 0) is 0 Å². The number of fused-ring (bicyclic) bond motifs is 1. The Morgan fingerprint density at radius 1 is 1.13 bits per heavy atom. The maximum atomic E-state index is 12.2. The van der Waals surface area contributed by atoms with Crippen molar-refractivity contribution in [1.82, 2.24) is 15.3 Å². The summed E-state index contributed by atoms with van der Waals surface area (Å²) < 4.78 is 6.09. The Kier molecular flexibility index (Phi) is 6.40. The zero-order chi connectivity index (χ0) is 21.1. The number of anilines is 2. The lowest BCUT2D eigenvalue weighted by atomic mass is 9.86. The van der Waals surface area contributed by atoms with Crippen molar-refractivity contribution in [2.75, 3.05) is 30.9 Å². The van der Waals surface area contributed by atoms with E-state index in [0.29, 0.717) is 30.2 Å². The highest BCUT2D eigenvalue weighted by molar-refractivity contribution is 14.1. The number of nitrogens with one attached hydrogen (secondary N) is 2. The van der Waals surface area contributed by atoms with Crippen molar-refractivity contribution in [3.05, 3.63) is 45.9 Å². The Morgan fingerprint density at radius 3 is 2.60 bits per heavy atom. The number of furan rings is 1. The van der Waals surface area contributed by atoms with Gasteiger partial charge in [0.2, 0.25) is 5.95 Å². The third-order valence-corrected chi connectivity index (χ3v) is 6.11. The van der Waals surface area contributed by atoms with Gasteiger partial charge in [0.05, 0.1) is 5.52 Å². The van der Waals surface area contributed by atoms with Crippen LogP contribution in [0, 0.1) is 9.68 Å². The monoisotopic (exact) mass is 519 g/mol. The van der Waals surface area contributed by atoms with Gasteiger partial charge < -0.3 is 20.0 Å². The standard InChI is InChI=1S/C22H26IN5O2/c1-28(2)20-16-5-3-4-6-17(16)26-22(27-20)25-15-9-7-14(8-10-15)13-24-21(29)18-11-12-19(23)30-18/h3-6,11-12,14-15H,7-10,13H2,1-2H3,(H,24,29)(H,25,26,27)/t14-,15+. The molecule has 30 heavy (non-hydrogen) atoms. The number of amides is 1. The average Bonchev–Trinajstić information content (AvgIpc) is 3.19. The molecule has 0 saturated heterocycles. The molecule has 1 aliphatic carbocycles. The van der Waals surface area contributed by atoms with Gasteiger partial charge in [0.25, 0.3) is 5.91 Å². The predicted molar refractivity (Wildman–Crippen MR) is 127 cm³/mol. The van der Waals surface area contributed by atoms with Gasteiger partial charge in [-0.1, -0.05) is 12.1 Å². The van der Waals surface area contributed by atoms with Crippen LogP contribution in [-0.4, -0.2) is 42.6 Å². The van der Waals surface area contributed by atoms with E-state index in [1.165, 1.54) is 0 Å². The molecule has 0 aliphatic heterocycles. The van der Waals surface area contributed by atoms with Crippen molar-refractivity contribution < 1.29 is 9.21 Å². The maximum Gasteiger partial charge on any atom is 0.287 e. The van der Waals surface area contributed by atoms with Gasteiger partial charge in [0.15, 0.2) is 9.53 Å². The fourth-order valence-corrected chi connectivity index (χ4v) is 4.34. The van der Waals surface area contributed by atoms with Crippen LogP contribution in [0.15, 0.2) is 40.8 Å². The summed E-state index contributed by atoms with van der Waals surface area (Å²) >= 11 is 2.06. The molecule has 8 heteroatoms. The second-order valence-corrected chi connectivity index (χ2v) is 9.02. The number of nitrogens with zero attached hydrogens (tertiary/aromatic N) is 3. The molecule has 0 bridgehead atoms. The van der Waals surface area contributed by atoms with E-state index in [4.69, 9.17) is 14.4 Å². The molecule has 3 aromatic rings. The number of rotatable bonds is 6. The highest BCUT2D eigenvalue weighted by Gasteiger charge is 2.23. The van der Waals surface area contributed by atoms with Crippen molar-refractivity contribution in [1.29, 1.82) is 0 Å². The summed E-state index contributed by atoms with van der Waals surface area (Å²) in [7, 11) is 4.00. The lowest BCUT2D eigenvalue weighted by Gasteiger charge is -2.29. The molecule has 7 nitrogen and oxygen atoms in total. The molecule has 2 N–H and O–H groups in total. The molecule has 158 valence electrons. The second kappa shape index (κ2) is 9.20. The van der Waals surface area contributed by atoms with E-state index in [1.54, 1.807) is 12.1 Å². The first-order valence-electron chi connectivity index (χ1n) is 10.2. The van der Waals surface area contributed by atoms with Crippen LogP contribution in [0.3, 0.4) is 0 Å². The molecule has 1 fully saturated rings. The predicted octanol–water partition coefficient (Wildman–Crippen LogP) is 4.29. The second-order valence-electron chi connectivity index (χ2n) is 7.96. The van der Waals surface area contributed by atoms with Gasteiger partial charge >= 0.3 is 0 Å². The topological polar surface area (TPSA) is 83.3 Å². The molecule has 4 rings (SSSR count). The minimum absolute atomic E-state index is 0.140. The first kappa shape index (κ1) is 20.9. The first-order chi connectivity index (χ1) is 14.5. The van der Waals surface area contributed by atoms with E-state index in [9.17, 15) is 4.79 Å². The van der Waals surface area contributed by atoms with E-state index < -0.39 is 0 Å². The fraction of sp³-hybridized carbons (Fsp3) is 0.409. The van der Waals surface area contributed by atoms with Crippen molar-refractivity contribution in [3.8, 4) is 0 Å². The third kappa shape index (κ3) is 4.85. The molecule has 0 spiro atoms. The molecule has 1 aliphatic rings. The van der Waals surface area contributed by atoms with E-state index >= 15 is 0 Å². The minimum atomic E-state index is -0.140. The van der Waals surface area contributed by atoms with Crippen LogP contribution >= 0.6 is 22.6 Å². The SMILES string of the molecule is CN(C)c1nc(N[C@H]2CC[C@@H](CNC(=O)c3ccc(I)o3)CC2)nc2ccccc12. The van der Waals surface area contributed by atoms with Crippen LogP contribution in [0.4, 0.5) is 11.8 Å². The summed E-state index contributed by atoms with van der Waals surface area (Å²) in [5.41, 5.74) is 0.947. The molecule has 1 aromatic carbocycles. The smallest absolute Gasteiger partial charge is 0.287 e. The summed E-state index contributed by atoms with van der Waals surface area (Å²) in [6.45, 7) is 0.681. The van der Waals surface area contributed by atoms with Crippen molar-refractivity contribution in [2.45, 2.75) is 31.7 Å². The van der Waals surface area contributed by atoms with E-state index in [2.05, 4.69) is 39.3 Å². The molecule has 0 atom stereocenters. The lowest BCUT2D eigenvalue weighted by molar-refractivity contribution is 0.0914. The molecule has 2 heterocycles. The van der Waals surface area contributed by atoms with E-state index in [-0.39, 0.29) is 5.91 Å². The minimum Gasteiger partial charge on any atom is -0.445 e. The third-order valence-electron chi connectivity index (χ3n) is 5.53. The Balaban J connectivity index is 1.32. The average molecular weight is 519 g/mol. The van der Waals surface area contributed by atoms with Crippen molar-refractivity contribution in [2.24, 2.45) is 5.92 Å². The van der Waals surface area contributed by atoms with Gasteiger partial charge in [-0.15, -0.1) is 0 Å². The first-order valence-corrected chi connectivity index (χ1v) is 11.3. The summed E-state index contributed by atoms with van der Waals surface area (Å²) in [5, 5.41) is 7.58. The largest absolute Gasteiger partial charge is 0.445 e. The zero-order valence-electron chi connectivity index (χ0n) is 17.2. The summed E-state index contributed by atoms with van der Waals surface area (Å²) in [5.74, 6) is 2.32. The molecule has 0 unspecified atom stereocenters. The molecular weight excluding hydrogens is 493 g/mol. The fourth-order valence-electron chi connectivity index (χ4n) is 3.92. The number of hydrogen-bond donors (Lipinski definition) is 2. The van der Waals surface area contributed by atoms with E-state index in [1.807, 2.05) is 37.2 Å². The van der Waals surface area contributed by atoms with Gasteiger partial charge in [0.1, 0.15) is 5.82 Å². The number of carbonyl (C=O) groups is 1. The van der Waals surface area contributed by atoms with Gasteiger partial charge in [-0.05, 0) is 78.5 Å². The van der Waals surface area contributed by atoms with Crippen LogP contribution in [0.5, 0.6) is 0 Å². The highest BCUT2D eigenvalue weighted by Crippen LogP contribution is 2.28. The number of benzene rings is 1. The molecular formula is C22H26IN5O2. The summed E-state index contributed by atoms with van der Waals surface area (Å²) in [6, 6.07) is 11.9. The molecule has 1 saturated carbocycles.